The molecule has 0 heterocycles. The van der Waals surface area contributed by atoms with Gasteiger partial charge in [0.1, 0.15) is 0 Å². The molecule has 0 bridgehead atoms. The first-order valence-corrected chi connectivity index (χ1v) is 5.00. The number of hydrogen-bond acceptors (Lipinski definition) is 3. The first-order chi connectivity index (χ1) is 7.10. The molecule has 1 aliphatic carbocycles. The summed E-state index contributed by atoms with van der Waals surface area (Å²) in [5.41, 5.74) is 2.02. The number of rotatable bonds is 4. The molecule has 0 aromatic heterocycles. The number of allylic oxidation sites excluding steroid dienone is 3. The van der Waals surface area contributed by atoms with Gasteiger partial charge in [-0.3, -0.25) is 9.59 Å². The minimum Gasteiger partial charge on any atom is -0.385 e. The van der Waals surface area contributed by atoms with Gasteiger partial charge in [-0.25, -0.2) is 0 Å². The molecule has 0 aliphatic heterocycles. The van der Waals surface area contributed by atoms with Gasteiger partial charge in [0.25, 0.3) is 0 Å². The molecule has 1 amide bonds. The lowest BCUT2D eigenvalue weighted by molar-refractivity contribution is -0.121. The van der Waals surface area contributed by atoms with E-state index in [1.54, 1.807) is 13.1 Å². The fourth-order valence-electron chi connectivity index (χ4n) is 1.54. The van der Waals surface area contributed by atoms with E-state index in [0.29, 0.717) is 17.8 Å². The van der Waals surface area contributed by atoms with Gasteiger partial charge < -0.3 is 10.6 Å². The van der Waals surface area contributed by atoms with Crippen molar-refractivity contribution in [3.8, 4) is 0 Å². The zero-order chi connectivity index (χ0) is 11.4. The van der Waals surface area contributed by atoms with E-state index in [1.807, 2.05) is 13.8 Å². The molecule has 4 nitrogen and oxygen atoms in total. The molecule has 1 aliphatic rings. The minimum atomic E-state index is -0.106. The smallest absolute Gasteiger partial charge is 0.224 e. The Kier molecular flexibility index (Phi) is 3.66. The molecule has 2 N–H and O–H groups in total. The van der Waals surface area contributed by atoms with E-state index >= 15 is 0 Å². The summed E-state index contributed by atoms with van der Waals surface area (Å²) in [6, 6.07) is 0. The monoisotopic (exact) mass is 208 g/mol. The Morgan fingerprint density at radius 1 is 1.47 bits per heavy atom. The highest BCUT2D eigenvalue weighted by Crippen LogP contribution is 2.22. The zero-order valence-corrected chi connectivity index (χ0v) is 9.31. The number of nitrogens with one attached hydrogen (secondary N) is 2. The number of ketones is 1. The first kappa shape index (κ1) is 11.5. The molecule has 15 heavy (non-hydrogen) atoms. The highest BCUT2D eigenvalue weighted by molar-refractivity contribution is 6.13. The van der Waals surface area contributed by atoms with E-state index < -0.39 is 0 Å². The molecule has 0 unspecified atom stereocenters. The van der Waals surface area contributed by atoms with Gasteiger partial charge in [0.05, 0.1) is 12.1 Å². The second-order valence-electron chi connectivity index (χ2n) is 3.43. The fourth-order valence-corrected chi connectivity index (χ4v) is 1.54. The van der Waals surface area contributed by atoms with Crippen molar-refractivity contribution in [1.29, 1.82) is 0 Å². The highest BCUT2D eigenvalue weighted by atomic mass is 16.2. The zero-order valence-electron chi connectivity index (χ0n) is 9.31. The van der Waals surface area contributed by atoms with Crippen molar-refractivity contribution in [2.45, 2.75) is 20.3 Å². The van der Waals surface area contributed by atoms with Crippen LogP contribution < -0.4 is 10.6 Å². The molecular formula is C11H16N2O2. The topological polar surface area (TPSA) is 58.2 Å². The van der Waals surface area contributed by atoms with Crippen molar-refractivity contribution in [1.82, 2.24) is 10.6 Å². The van der Waals surface area contributed by atoms with Crippen molar-refractivity contribution >= 4 is 11.7 Å². The van der Waals surface area contributed by atoms with Gasteiger partial charge in [0.15, 0.2) is 0 Å². The second kappa shape index (κ2) is 4.77. The highest BCUT2D eigenvalue weighted by Gasteiger charge is 2.24. The Hall–Kier alpha value is -1.58. The average Bonchev–Trinajstić information content (AvgIpc) is 2.45. The fraction of sp³-hybridized carbons (Fsp3) is 0.455. The van der Waals surface area contributed by atoms with Crippen LogP contribution in [0.1, 0.15) is 20.3 Å². The Balaban J connectivity index is 2.70. The summed E-state index contributed by atoms with van der Waals surface area (Å²) in [4.78, 5) is 23.1. The Morgan fingerprint density at radius 2 is 2.13 bits per heavy atom. The predicted octanol–water partition coefficient (Wildman–Crippen LogP) is 0.515. The van der Waals surface area contributed by atoms with Crippen molar-refractivity contribution in [3.05, 3.63) is 22.9 Å². The van der Waals surface area contributed by atoms with Crippen molar-refractivity contribution in [2.24, 2.45) is 0 Å². The summed E-state index contributed by atoms with van der Waals surface area (Å²) >= 11 is 0. The van der Waals surface area contributed by atoms with Crippen molar-refractivity contribution < 1.29 is 9.59 Å². The van der Waals surface area contributed by atoms with Crippen LogP contribution in [0.4, 0.5) is 0 Å². The normalized spacial score (nSPS) is 15.4. The van der Waals surface area contributed by atoms with Gasteiger partial charge in [-0.1, -0.05) is 0 Å². The number of carbonyl (C=O) groups excluding carboxylic acids is 2. The van der Waals surface area contributed by atoms with Crippen LogP contribution in [0.25, 0.3) is 0 Å². The molecule has 0 atom stereocenters. The molecule has 0 aromatic rings. The lowest BCUT2D eigenvalue weighted by Crippen LogP contribution is -2.25. The largest absolute Gasteiger partial charge is 0.385 e. The van der Waals surface area contributed by atoms with E-state index in [2.05, 4.69) is 10.6 Å². The van der Waals surface area contributed by atoms with Gasteiger partial charge >= 0.3 is 0 Å². The summed E-state index contributed by atoms with van der Waals surface area (Å²) in [7, 11) is 1.70. The molecule has 0 saturated heterocycles. The van der Waals surface area contributed by atoms with Gasteiger partial charge in [-0.05, 0) is 25.5 Å². The Bertz CT molecular complexity index is 354. The second-order valence-corrected chi connectivity index (χ2v) is 3.43. The van der Waals surface area contributed by atoms with Gasteiger partial charge in [-0.15, -0.1) is 0 Å². The molecule has 0 radical (unpaired) electrons. The molecule has 4 heteroatoms. The number of amides is 1. The van der Waals surface area contributed by atoms with E-state index in [9.17, 15) is 9.59 Å². The molecule has 0 saturated carbocycles. The molecular weight excluding hydrogens is 192 g/mol. The summed E-state index contributed by atoms with van der Waals surface area (Å²) in [5.74, 6) is -0.174. The third-order valence-electron chi connectivity index (χ3n) is 2.34. The van der Waals surface area contributed by atoms with E-state index in [4.69, 9.17) is 0 Å². The maximum absolute atomic E-state index is 11.7. The van der Waals surface area contributed by atoms with E-state index in [-0.39, 0.29) is 18.1 Å². The van der Waals surface area contributed by atoms with Crippen LogP contribution in [0.15, 0.2) is 22.9 Å². The third-order valence-corrected chi connectivity index (χ3v) is 2.34. The first-order valence-electron chi connectivity index (χ1n) is 5.00. The third kappa shape index (κ3) is 2.46. The van der Waals surface area contributed by atoms with Gasteiger partial charge in [-0.2, -0.15) is 0 Å². The van der Waals surface area contributed by atoms with Crippen LogP contribution in [0.2, 0.25) is 0 Å². The Morgan fingerprint density at radius 3 is 2.60 bits per heavy atom. The molecule has 82 valence electrons. The number of carbonyl (C=O) groups is 2. The number of hydrogen-bond donors (Lipinski definition) is 2. The maximum atomic E-state index is 11.7. The lowest BCUT2D eigenvalue weighted by Gasteiger charge is -2.04. The van der Waals surface area contributed by atoms with Crippen LogP contribution in [0.3, 0.4) is 0 Å². The van der Waals surface area contributed by atoms with Crippen LogP contribution >= 0.6 is 0 Å². The molecule has 0 spiro atoms. The summed E-state index contributed by atoms with van der Waals surface area (Å²) in [5, 5.41) is 5.49. The lowest BCUT2D eigenvalue weighted by atomic mass is 10.1. The number of Topliss-reactive ketones (excluding diaryl/α,β-unsaturated/α-hetero) is 1. The minimum absolute atomic E-state index is 0.0683. The molecule has 0 fully saturated rings. The average molecular weight is 208 g/mol. The summed E-state index contributed by atoms with van der Waals surface area (Å²) in [6.07, 6.45) is 1.94. The van der Waals surface area contributed by atoms with Crippen LogP contribution in [-0.2, 0) is 9.59 Å². The van der Waals surface area contributed by atoms with Crippen molar-refractivity contribution in [3.63, 3.8) is 0 Å². The van der Waals surface area contributed by atoms with Gasteiger partial charge in [0.2, 0.25) is 11.7 Å². The number of likely N-dealkylation sites (N-methyl/N-ethyl adjacent to an activating group) is 1. The van der Waals surface area contributed by atoms with Gasteiger partial charge in [0, 0.05) is 19.2 Å². The van der Waals surface area contributed by atoms with Crippen molar-refractivity contribution in [2.75, 3.05) is 13.6 Å². The van der Waals surface area contributed by atoms with Crippen LogP contribution in [0.5, 0.6) is 0 Å². The SMILES string of the molecule is CCNC(=O)CC1=C(C)C=C(NC)C1=O. The summed E-state index contributed by atoms with van der Waals surface area (Å²) < 4.78 is 0. The predicted molar refractivity (Wildman–Crippen MR) is 58.2 cm³/mol. The quantitative estimate of drug-likeness (QED) is 0.708. The Labute approximate surface area is 89.4 Å². The molecule has 1 rings (SSSR count). The molecule has 0 aromatic carbocycles. The maximum Gasteiger partial charge on any atom is 0.224 e. The van der Waals surface area contributed by atoms with Crippen LogP contribution in [0, 0.1) is 0 Å². The summed E-state index contributed by atoms with van der Waals surface area (Å²) in [6.45, 7) is 4.29. The standard InChI is InChI=1S/C11H16N2O2/c1-4-13-10(14)6-8-7(2)5-9(12-3)11(8)15/h5H,4,6H2,1-3H3,(H,12,15)(H,13,14). The van der Waals surface area contributed by atoms with Crippen LogP contribution in [-0.4, -0.2) is 25.3 Å². The van der Waals surface area contributed by atoms with E-state index in [1.165, 1.54) is 0 Å². The van der Waals surface area contributed by atoms with E-state index in [0.717, 1.165) is 5.57 Å².